The lowest BCUT2D eigenvalue weighted by atomic mass is 9.56. The van der Waals surface area contributed by atoms with E-state index in [-0.39, 0.29) is 19.3 Å². The number of halogens is 4. The van der Waals surface area contributed by atoms with Crippen molar-refractivity contribution < 1.29 is 22.3 Å². The van der Waals surface area contributed by atoms with E-state index >= 15 is 0 Å². The zero-order valence-corrected chi connectivity index (χ0v) is 13.5. The summed E-state index contributed by atoms with van der Waals surface area (Å²) >= 11 is 0. The van der Waals surface area contributed by atoms with Gasteiger partial charge in [-0.2, -0.15) is 13.2 Å². The summed E-state index contributed by atoms with van der Waals surface area (Å²) in [6, 6.07) is -0.878. The molecule has 130 valence electrons. The molecule has 23 heavy (non-hydrogen) atoms. The lowest BCUT2D eigenvalue weighted by molar-refractivity contribution is -0.266. The molecule has 1 saturated carbocycles. The first-order chi connectivity index (χ1) is 10.6. The molecule has 1 saturated heterocycles. The highest BCUT2D eigenvalue weighted by Gasteiger charge is 2.64. The molecule has 1 unspecified atom stereocenters. The van der Waals surface area contributed by atoms with E-state index in [2.05, 4.69) is 0 Å². The lowest BCUT2D eigenvalue weighted by Gasteiger charge is -2.52. The Balaban J connectivity index is 1.94. The van der Waals surface area contributed by atoms with Crippen molar-refractivity contribution in [2.75, 3.05) is 6.61 Å². The van der Waals surface area contributed by atoms with Crippen LogP contribution in [-0.2, 0) is 4.74 Å². The second-order valence-electron chi connectivity index (χ2n) is 7.68. The van der Waals surface area contributed by atoms with Gasteiger partial charge in [0.25, 0.3) is 0 Å². The Morgan fingerprint density at radius 3 is 2.57 bits per heavy atom. The Labute approximate surface area is 133 Å². The Hall–Kier alpha value is -1.04. The van der Waals surface area contributed by atoms with E-state index in [4.69, 9.17) is 10.5 Å². The predicted octanol–water partition coefficient (Wildman–Crippen LogP) is 4.42. The maximum Gasteiger partial charge on any atom is 0.396 e. The minimum atomic E-state index is -4.34. The Morgan fingerprint density at radius 2 is 2.04 bits per heavy atom. The zero-order valence-electron chi connectivity index (χ0n) is 13.5. The number of rotatable bonds is 3. The van der Waals surface area contributed by atoms with E-state index < -0.39 is 29.2 Å². The van der Waals surface area contributed by atoms with Crippen LogP contribution >= 0.6 is 0 Å². The largest absolute Gasteiger partial charge is 0.493 e. The van der Waals surface area contributed by atoms with Crippen molar-refractivity contribution in [3.63, 3.8) is 0 Å². The maximum atomic E-state index is 14.0. The lowest BCUT2D eigenvalue weighted by Crippen LogP contribution is -2.60. The summed E-state index contributed by atoms with van der Waals surface area (Å²) in [7, 11) is 0. The minimum Gasteiger partial charge on any atom is -0.493 e. The Morgan fingerprint density at radius 1 is 1.35 bits per heavy atom. The number of ether oxygens (including phenoxy) is 1. The van der Waals surface area contributed by atoms with Crippen LogP contribution in [-0.4, -0.2) is 25.0 Å². The quantitative estimate of drug-likeness (QED) is 0.776. The number of fused-ring (bicyclic) bond motifs is 1. The molecule has 0 spiro atoms. The fourth-order valence-electron chi connectivity index (χ4n) is 4.28. The summed E-state index contributed by atoms with van der Waals surface area (Å²) in [5, 5.41) is 0. The number of hydrogen-bond acceptors (Lipinski definition) is 2. The molecule has 1 aliphatic heterocycles. The maximum absolute atomic E-state index is 14.0. The van der Waals surface area contributed by atoms with Crippen LogP contribution in [0.5, 0.6) is 0 Å². The molecule has 0 aromatic carbocycles. The highest BCUT2D eigenvalue weighted by molar-refractivity contribution is 5.41. The van der Waals surface area contributed by atoms with Crippen molar-refractivity contribution in [1.29, 1.82) is 0 Å². The number of allylic oxidation sites excluding steroid dienone is 3. The van der Waals surface area contributed by atoms with Gasteiger partial charge in [-0.15, -0.1) is 0 Å². The molecule has 0 aromatic rings. The molecule has 3 aliphatic rings. The number of nitrogens with two attached hydrogens (primary N) is 1. The van der Waals surface area contributed by atoms with Crippen LogP contribution in [0.3, 0.4) is 0 Å². The van der Waals surface area contributed by atoms with Crippen molar-refractivity contribution in [2.45, 2.75) is 64.3 Å². The van der Waals surface area contributed by atoms with Crippen molar-refractivity contribution in [3.05, 3.63) is 23.0 Å². The second-order valence-corrected chi connectivity index (χ2v) is 7.68. The SMILES string of the molecule is CC(C)(C[C@@]1(C(F)(F)F)CC[C@@H]1N)C1=C2OCCC2=CC(F)C1. The smallest absolute Gasteiger partial charge is 0.396 e. The van der Waals surface area contributed by atoms with E-state index in [1.54, 1.807) is 13.8 Å². The van der Waals surface area contributed by atoms with Gasteiger partial charge in [0.1, 0.15) is 11.9 Å². The summed E-state index contributed by atoms with van der Waals surface area (Å²) in [6.07, 6.45) is -2.91. The van der Waals surface area contributed by atoms with Crippen LogP contribution in [0.2, 0.25) is 0 Å². The molecular formula is C17H23F4NO. The fourth-order valence-corrected chi connectivity index (χ4v) is 4.28. The van der Waals surface area contributed by atoms with Crippen LogP contribution in [0.1, 0.15) is 46.0 Å². The van der Waals surface area contributed by atoms with Crippen LogP contribution in [0.15, 0.2) is 23.0 Å². The summed E-state index contributed by atoms with van der Waals surface area (Å²) in [5.41, 5.74) is 4.55. The highest BCUT2D eigenvalue weighted by Crippen LogP contribution is 2.60. The molecule has 1 heterocycles. The average Bonchev–Trinajstić information content (AvgIpc) is 2.88. The molecule has 2 fully saturated rings. The molecule has 0 radical (unpaired) electrons. The van der Waals surface area contributed by atoms with E-state index in [1.165, 1.54) is 6.08 Å². The van der Waals surface area contributed by atoms with Gasteiger partial charge in [-0.3, -0.25) is 0 Å². The summed E-state index contributed by atoms with van der Waals surface area (Å²) in [6.45, 7) is 3.98. The molecule has 3 rings (SSSR count). The van der Waals surface area contributed by atoms with E-state index in [0.717, 1.165) is 5.57 Å². The molecule has 0 amide bonds. The van der Waals surface area contributed by atoms with Gasteiger partial charge in [-0.05, 0) is 41.9 Å². The van der Waals surface area contributed by atoms with Gasteiger partial charge in [-0.25, -0.2) is 4.39 Å². The Kier molecular flexibility index (Phi) is 3.82. The Bertz CT molecular complexity index is 563. The van der Waals surface area contributed by atoms with Crippen LogP contribution < -0.4 is 5.73 Å². The third-order valence-corrected chi connectivity index (χ3v) is 5.71. The van der Waals surface area contributed by atoms with E-state index in [0.29, 0.717) is 30.8 Å². The van der Waals surface area contributed by atoms with Crippen molar-refractivity contribution in [2.24, 2.45) is 16.6 Å². The minimum absolute atomic E-state index is 0.0479. The van der Waals surface area contributed by atoms with Gasteiger partial charge < -0.3 is 10.5 Å². The summed E-state index contributed by atoms with van der Waals surface area (Å²) < 4.78 is 60.6. The summed E-state index contributed by atoms with van der Waals surface area (Å²) in [4.78, 5) is 0. The molecule has 3 atom stereocenters. The van der Waals surface area contributed by atoms with Gasteiger partial charge in [0, 0.05) is 18.9 Å². The summed E-state index contributed by atoms with van der Waals surface area (Å²) in [5.74, 6) is 0.620. The normalized spacial score (nSPS) is 34.7. The molecule has 2 N–H and O–H groups in total. The molecule has 2 aliphatic carbocycles. The average molecular weight is 333 g/mol. The molecule has 2 nitrogen and oxygen atoms in total. The third kappa shape index (κ3) is 2.59. The van der Waals surface area contributed by atoms with Crippen molar-refractivity contribution in [1.82, 2.24) is 0 Å². The first-order valence-corrected chi connectivity index (χ1v) is 8.11. The van der Waals surface area contributed by atoms with Gasteiger partial charge in [0.2, 0.25) is 0 Å². The first kappa shape index (κ1) is 16.8. The predicted molar refractivity (Wildman–Crippen MR) is 79.3 cm³/mol. The fraction of sp³-hybridized carbons (Fsp3) is 0.765. The van der Waals surface area contributed by atoms with Crippen molar-refractivity contribution >= 4 is 0 Å². The number of hydrogen-bond donors (Lipinski definition) is 1. The third-order valence-electron chi connectivity index (χ3n) is 5.71. The van der Waals surface area contributed by atoms with Gasteiger partial charge in [0.05, 0.1) is 12.0 Å². The molecular weight excluding hydrogens is 310 g/mol. The van der Waals surface area contributed by atoms with Crippen LogP contribution in [0.4, 0.5) is 17.6 Å². The van der Waals surface area contributed by atoms with Crippen LogP contribution in [0, 0.1) is 10.8 Å². The van der Waals surface area contributed by atoms with Gasteiger partial charge in [0.15, 0.2) is 0 Å². The second kappa shape index (κ2) is 5.23. The molecule has 0 aromatic heterocycles. The van der Waals surface area contributed by atoms with Crippen LogP contribution in [0.25, 0.3) is 0 Å². The highest BCUT2D eigenvalue weighted by atomic mass is 19.4. The van der Waals surface area contributed by atoms with E-state index in [1.807, 2.05) is 0 Å². The zero-order chi connectivity index (χ0) is 17.0. The molecule has 0 bridgehead atoms. The topological polar surface area (TPSA) is 35.2 Å². The standard InChI is InChI=1S/C17H23F4NO/c1-15(2,9-16(17(19,20)21)5-3-13(16)22)12-8-11(18)7-10-4-6-23-14(10)12/h7,11,13H,3-6,8-9,22H2,1-2H3/t11?,13-,16-/m0/s1. The first-order valence-electron chi connectivity index (χ1n) is 8.11. The number of alkyl halides is 4. The van der Waals surface area contributed by atoms with Gasteiger partial charge >= 0.3 is 6.18 Å². The van der Waals surface area contributed by atoms with Gasteiger partial charge in [-0.1, -0.05) is 13.8 Å². The van der Waals surface area contributed by atoms with Crippen molar-refractivity contribution in [3.8, 4) is 0 Å². The van der Waals surface area contributed by atoms with E-state index in [9.17, 15) is 17.6 Å². The monoisotopic (exact) mass is 333 g/mol. The molecule has 6 heteroatoms.